The SMILES string of the molecule is COC(CNC(=O)OCC1c2ccccc2-c2ccccc21)C(=O)Nc1cccc(F)c1C(=O)O. The molecule has 0 aromatic heterocycles. The molecule has 9 heteroatoms. The number of ether oxygens (including phenoxy) is 2. The van der Waals surface area contributed by atoms with Gasteiger partial charge in [-0.2, -0.15) is 0 Å². The van der Waals surface area contributed by atoms with E-state index in [0.717, 1.165) is 28.3 Å². The molecule has 0 heterocycles. The van der Waals surface area contributed by atoms with Crippen LogP contribution in [-0.4, -0.2) is 49.4 Å². The Morgan fingerprint density at radius 1 is 0.971 bits per heavy atom. The van der Waals surface area contributed by atoms with Crippen LogP contribution in [0.4, 0.5) is 14.9 Å². The topological polar surface area (TPSA) is 114 Å². The summed E-state index contributed by atoms with van der Waals surface area (Å²) in [6.07, 6.45) is -1.90. The first-order valence-corrected chi connectivity index (χ1v) is 10.8. The molecule has 0 saturated heterocycles. The fraction of sp³-hybridized carbons (Fsp3) is 0.192. The Balaban J connectivity index is 1.35. The Morgan fingerprint density at radius 2 is 1.60 bits per heavy atom. The molecule has 3 aromatic carbocycles. The summed E-state index contributed by atoms with van der Waals surface area (Å²) in [5.74, 6) is -3.37. The van der Waals surface area contributed by atoms with Gasteiger partial charge < -0.3 is 25.2 Å². The summed E-state index contributed by atoms with van der Waals surface area (Å²) in [7, 11) is 1.26. The van der Waals surface area contributed by atoms with E-state index in [1.54, 1.807) is 0 Å². The number of alkyl carbamates (subject to hydrolysis) is 1. The molecule has 0 spiro atoms. The van der Waals surface area contributed by atoms with Gasteiger partial charge in [-0.05, 0) is 34.4 Å². The summed E-state index contributed by atoms with van der Waals surface area (Å²) in [5.41, 5.74) is 3.46. The van der Waals surface area contributed by atoms with Gasteiger partial charge in [0.05, 0.1) is 12.2 Å². The fourth-order valence-corrected chi connectivity index (χ4v) is 4.17. The predicted octanol–water partition coefficient (Wildman–Crippen LogP) is 4.02. The van der Waals surface area contributed by atoms with E-state index in [4.69, 9.17) is 9.47 Å². The minimum atomic E-state index is -1.52. The summed E-state index contributed by atoms with van der Waals surface area (Å²) in [5, 5.41) is 14.0. The van der Waals surface area contributed by atoms with Crippen LogP contribution in [0.25, 0.3) is 11.1 Å². The molecular weight excluding hydrogens is 455 g/mol. The van der Waals surface area contributed by atoms with E-state index in [9.17, 15) is 23.9 Å². The number of aromatic carboxylic acids is 1. The molecule has 4 rings (SSSR count). The molecule has 180 valence electrons. The number of methoxy groups -OCH3 is 1. The summed E-state index contributed by atoms with van der Waals surface area (Å²) < 4.78 is 24.4. The van der Waals surface area contributed by atoms with Crippen molar-refractivity contribution in [1.82, 2.24) is 5.32 Å². The van der Waals surface area contributed by atoms with Gasteiger partial charge in [0.1, 0.15) is 18.0 Å². The van der Waals surface area contributed by atoms with Gasteiger partial charge in [-0.25, -0.2) is 14.0 Å². The van der Waals surface area contributed by atoms with Crippen LogP contribution >= 0.6 is 0 Å². The molecule has 35 heavy (non-hydrogen) atoms. The van der Waals surface area contributed by atoms with Crippen LogP contribution < -0.4 is 10.6 Å². The van der Waals surface area contributed by atoms with Gasteiger partial charge in [-0.3, -0.25) is 4.79 Å². The number of nitrogens with one attached hydrogen (secondary N) is 2. The fourth-order valence-electron chi connectivity index (χ4n) is 4.17. The molecule has 3 aromatic rings. The zero-order chi connectivity index (χ0) is 24.9. The molecule has 0 fully saturated rings. The summed E-state index contributed by atoms with van der Waals surface area (Å²) >= 11 is 0. The van der Waals surface area contributed by atoms with Gasteiger partial charge in [0.2, 0.25) is 0 Å². The third kappa shape index (κ3) is 4.99. The first-order valence-electron chi connectivity index (χ1n) is 10.8. The lowest BCUT2D eigenvalue weighted by Crippen LogP contribution is -2.41. The highest BCUT2D eigenvalue weighted by atomic mass is 19.1. The predicted molar refractivity (Wildman–Crippen MR) is 126 cm³/mol. The zero-order valence-electron chi connectivity index (χ0n) is 18.8. The van der Waals surface area contributed by atoms with Crippen molar-refractivity contribution in [3.8, 4) is 11.1 Å². The molecule has 0 aliphatic heterocycles. The second-order valence-corrected chi connectivity index (χ2v) is 7.89. The zero-order valence-corrected chi connectivity index (χ0v) is 18.8. The number of amides is 2. The van der Waals surface area contributed by atoms with Gasteiger partial charge in [-0.1, -0.05) is 54.6 Å². The monoisotopic (exact) mass is 478 g/mol. The molecule has 3 N–H and O–H groups in total. The van der Waals surface area contributed by atoms with Crippen LogP contribution in [0, 0.1) is 5.82 Å². The number of anilines is 1. The average Bonchev–Trinajstić information content (AvgIpc) is 3.16. The summed E-state index contributed by atoms with van der Waals surface area (Å²) in [4.78, 5) is 36.2. The second kappa shape index (κ2) is 10.4. The van der Waals surface area contributed by atoms with Crippen molar-refractivity contribution in [3.63, 3.8) is 0 Å². The molecule has 0 radical (unpaired) electrons. The van der Waals surface area contributed by atoms with Crippen molar-refractivity contribution in [2.24, 2.45) is 0 Å². The number of hydrogen-bond acceptors (Lipinski definition) is 5. The van der Waals surface area contributed by atoms with Crippen LogP contribution in [0.3, 0.4) is 0 Å². The van der Waals surface area contributed by atoms with Crippen molar-refractivity contribution >= 4 is 23.7 Å². The summed E-state index contributed by atoms with van der Waals surface area (Å²) in [6.45, 7) is -0.133. The van der Waals surface area contributed by atoms with Gasteiger partial charge in [-0.15, -0.1) is 0 Å². The van der Waals surface area contributed by atoms with Crippen LogP contribution in [-0.2, 0) is 14.3 Å². The third-order valence-corrected chi connectivity index (χ3v) is 5.84. The van der Waals surface area contributed by atoms with E-state index >= 15 is 0 Å². The standard InChI is InChI=1S/C26H23FN2O6/c1-34-22(24(30)29-21-12-6-11-20(27)23(21)25(31)32)13-28-26(33)35-14-19-17-9-4-2-7-15(17)16-8-3-5-10-18(16)19/h2-12,19,22H,13-14H2,1H3,(H,28,33)(H,29,30)(H,31,32). The highest BCUT2D eigenvalue weighted by molar-refractivity contribution is 6.02. The Hall–Kier alpha value is -4.24. The Labute approximate surface area is 200 Å². The van der Waals surface area contributed by atoms with E-state index in [-0.39, 0.29) is 24.8 Å². The minimum absolute atomic E-state index is 0.106. The van der Waals surface area contributed by atoms with E-state index < -0.39 is 35.5 Å². The quantitative estimate of drug-likeness (QED) is 0.451. The molecule has 1 aliphatic carbocycles. The van der Waals surface area contributed by atoms with Gasteiger partial charge in [0, 0.05) is 13.0 Å². The van der Waals surface area contributed by atoms with Crippen molar-refractivity contribution in [2.45, 2.75) is 12.0 Å². The lowest BCUT2D eigenvalue weighted by atomic mass is 9.98. The highest BCUT2D eigenvalue weighted by Gasteiger charge is 2.29. The third-order valence-electron chi connectivity index (χ3n) is 5.84. The van der Waals surface area contributed by atoms with Crippen LogP contribution in [0.15, 0.2) is 66.7 Å². The minimum Gasteiger partial charge on any atom is -0.478 e. The number of benzene rings is 3. The van der Waals surface area contributed by atoms with Gasteiger partial charge >= 0.3 is 12.1 Å². The van der Waals surface area contributed by atoms with Crippen molar-refractivity contribution < 1.29 is 33.4 Å². The van der Waals surface area contributed by atoms with E-state index in [0.29, 0.717) is 0 Å². The van der Waals surface area contributed by atoms with E-state index in [2.05, 4.69) is 10.6 Å². The molecule has 8 nitrogen and oxygen atoms in total. The smallest absolute Gasteiger partial charge is 0.407 e. The first-order chi connectivity index (χ1) is 16.9. The highest BCUT2D eigenvalue weighted by Crippen LogP contribution is 2.44. The second-order valence-electron chi connectivity index (χ2n) is 7.89. The maximum atomic E-state index is 13.8. The number of carboxylic acid groups (broad SMARTS) is 1. The largest absolute Gasteiger partial charge is 0.478 e. The first kappa shape index (κ1) is 23.9. The maximum Gasteiger partial charge on any atom is 0.407 e. The number of halogens is 1. The normalized spacial score (nSPS) is 12.9. The molecular formula is C26H23FN2O6. The Morgan fingerprint density at radius 3 is 2.20 bits per heavy atom. The van der Waals surface area contributed by atoms with Crippen LogP contribution in [0.1, 0.15) is 27.4 Å². The molecule has 2 amide bonds. The van der Waals surface area contributed by atoms with Gasteiger partial charge in [0.15, 0.2) is 6.10 Å². The molecule has 1 unspecified atom stereocenters. The number of hydrogen-bond donors (Lipinski definition) is 3. The van der Waals surface area contributed by atoms with E-state index in [1.165, 1.54) is 19.2 Å². The lowest BCUT2D eigenvalue weighted by Gasteiger charge is -2.18. The van der Waals surface area contributed by atoms with E-state index in [1.807, 2.05) is 48.5 Å². The van der Waals surface area contributed by atoms with Crippen LogP contribution in [0.5, 0.6) is 0 Å². The number of rotatable bonds is 8. The van der Waals surface area contributed by atoms with Crippen molar-refractivity contribution in [3.05, 3.63) is 89.2 Å². The Bertz CT molecular complexity index is 1230. The van der Waals surface area contributed by atoms with Crippen LogP contribution in [0.2, 0.25) is 0 Å². The number of carboxylic acids is 1. The number of carbonyl (C=O) groups excluding carboxylic acids is 2. The number of carbonyl (C=O) groups is 3. The molecule has 1 atom stereocenters. The number of fused-ring (bicyclic) bond motifs is 3. The Kier molecular flexibility index (Phi) is 7.07. The summed E-state index contributed by atoms with van der Waals surface area (Å²) in [6, 6.07) is 19.4. The average molecular weight is 478 g/mol. The molecule has 0 bridgehead atoms. The lowest BCUT2D eigenvalue weighted by molar-refractivity contribution is -0.125. The maximum absolute atomic E-state index is 13.8. The molecule has 1 aliphatic rings. The van der Waals surface area contributed by atoms with Crippen molar-refractivity contribution in [2.75, 3.05) is 25.6 Å². The van der Waals surface area contributed by atoms with Crippen molar-refractivity contribution in [1.29, 1.82) is 0 Å². The van der Waals surface area contributed by atoms with Gasteiger partial charge in [0.25, 0.3) is 5.91 Å². The molecule has 0 saturated carbocycles.